The van der Waals surface area contributed by atoms with E-state index in [4.69, 9.17) is 4.98 Å². The smallest absolute Gasteiger partial charge is 0.137 e. The van der Waals surface area contributed by atoms with Crippen molar-refractivity contribution in [2.75, 3.05) is 30.4 Å². The van der Waals surface area contributed by atoms with Crippen LogP contribution >= 0.6 is 0 Å². The highest BCUT2D eigenvalue weighted by atomic mass is 16.3. The summed E-state index contributed by atoms with van der Waals surface area (Å²) in [6.45, 7) is 4.08. The van der Waals surface area contributed by atoms with Crippen LogP contribution in [0, 0.1) is 18.8 Å². The van der Waals surface area contributed by atoms with E-state index < -0.39 is 0 Å². The van der Waals surface area contributed by atoms with Crippen LogP contribution in [0.4, 0.5) is 11.6 Å². The monoisotopic (exact) mass is 288 g/mol. The molecular formula is C16H24N4O. The molecule has 0 radical (unpaired) electrons. The zero-order valence-electron chi connectivity index (χ0n) is 12.8. The standard InChI is InChI=1S/C16H24N4O/c1-9-14(17-2)18-15(10-3-4-10)19-16(9)20-7-11-5-6-13(21)12(11)8-20/h10-13,21H,3-8H2,1-2H3,(H,17,18,19). The lowest BCUT2D eigenvalue weighted by Gasteiger charge is -2.23. The largest absolute Gasteiger partial charge is 0.393 e. The molecule has 1 saturated heterocycles. The van der Waals surface area contributed by atoms with Crippen molar-refractivity contribution in [3.8, 4) is 0 Å². The van der Waals surface area contributed by atoms with E-state index in [1.807, 2.05) is 7.05 Å². The minimum absolute atomic E-state index is 0.117. The average molecular weight is 288 g/mol. The van der Waals surface area contributed by atoms with Gasteiger partial charge in [0, 0.05) is 37.5 Å². The Kier molecular flexibility index (Phi) is 3.06. The van der Waals surface area contributed by atoms with Gasteiger partial charge in [0.25, 0.3) is 0 Å². The highest BCUT2D eigenvalue weighted by molar-refractivity contribution is 5.59. The summed E-state index contributed by atoms with van der Waals surface area (Å²) >= 11 is 0. The third-order valence-electron chi connectivity index (χ3n) is 5.44. The summed E-state index contributed by atoms with van der Waals surface area (Å²) in [5.41, 5.74) is 1.14. The second kappa shape index (κ2) is 4.83. The Morgan fingerprint density at radius 1 is 1.14 bits per heavy atom. The van der Waals surface area contributed by atoms with Gasteiger partial charge in [-0.15, -0.1) is 0 Å². The Labute approximate surface area is 125 Å². The van der Waals surface area contributed by atoms with E-state index in [-0.39, 0.29) is 6.10 Å². The van der Waals surface area contributed by atoms with Crippen molar-refractivity contribution < 1.29 is 5.11 Å². The Bertz CT molecular complexity index is 557. The number of fused-ring (bicyclic) bond motifs is 1. The number of aromatic nitrogens is 2. The second-order valence-corrected chi connectivity index (χ2v) is 6.88. The van der Waals surface area contributed by atoms with Crippen LogP contribution in [0.5, 0.6) is 0 Å². The van der Waals surface area contributed by atoms with E-state index in [1.165, 1.54) is 12.8 Å². The van der Waals surface area contributed by atoms with Crippen molar-refractivity contribution in [1.82, 2.24) is 9.97 Å². The molecule has 1 aromatic heterocycles. The third-order valence-corrected chi connectivity index (χ3v) is 5.44. The summed E-state index contributed by atoms with van der Waals surface area (Å²) in [6.07, 6.45) is 4.45. The van der Waals surface area contributed by atoms with Crippen molar-refractivity contribution >= 4 is 11.6 Å². The molecule has 1 aliphatic heterocycles. The molecular weight excluding hydrogens is 264 g/mol. The van der Waals surface area contributed by atoms with Gasteiger partial charge < -0.3 is 15.3 Å². The molecule has 0 bridgehead atoms. The molecule has 114 valence electrons. The number of rotatable bonds is 3. The fraction of sp³-hybridized carbons (Fsp3) is 0.750. The molecule has 3 fully saturated rings. The fourth-order valence-electron chi connectivity index (χ4n) is 4.01. The zero-order valence-corrected chi connectivity index (χ0v) is 12.8. The van der Waals surface area contributed by atoms with Gasteiger partial charge in [-0.3, -0.25) is 0 Å². The van der Waals surface area contributed by atoms with Crippen LogP contribution in [0.1, 0.15) is 43.0 Å². The average Bonchev–Trinajstić information content (AvgIpc) is 3.16. The van der Waals surface area contributed by atoms with Gasteiger partial charge in [-0.25, -0.2) is 9.97 Å². The van der Waals surface area contributed by atoms with Crippen molar-refractivity contribution in [3.63, 3.8) is 0 Å². The predicted molar refractivity (Wildman–Crippen MR) is 82.7 cm³/mol. The number of aliphatic hydroxyl groups is 1. The second-order valence-electron chi connectivity index (χ2n) is 6.88. The summed E-state index contributed by atoms with van der Waals surface area (Å²) in [6, 6.07) is 0. The summed E-state index contributed by atoms with van der Waals surface area (Å²) in [5.74, 6) is 4.66. The van der Waals surface area contributed by atoms with Crippen molar-refractivity contribution in [3.05, 3.63) is 11.4 Å². The van der Waals surface area contributed by atoms with Crippen LogP contribution in [0.15, 0.2) is 0 Å². The van der Waals surface area contributed by atoms with E-state index in [2.05, 4.69) is 22.1 Å². The highest BCUT2D eigenvalue weighted by Crippen LogP contribution is 2.43. The Balaban J connectivity index is 1.66. The summed E-state index contributed by atoms with van der Waals surface area (Å²) in [4.78, 5) is 11.9. The lowest BCUT2D eigenvalue weighted by molar-refractivity contribution is 0.133. The van der Waals surface area contributed by atoms with E-state index in [0.717, 1.165) is 49.0 Å². The summed E-state index contributed by atoms with van der Waals surface area (Å²) in [5, 5.41) is 13.3. The van der Waals surface area contributed by atoms with E-state index in [9.17, 15) is 5.11 Å². The maximum atomic E-state index is 10.1. The molecule has 3 unspecified atom stereocenters. The quantitative estimate of drug-likeness (QED) is 0.889. The van der Waals surface area contributed by atoms with Crippen LogP contribution in [-0.4, -0.2) is 41.3 Å². The molecule has 2 aliphatic carbocycles. The van der Waals surface area contributed by atoms with E-state index in [0.29, 0.717) is 17.8 Å². The van der Waals surface area contributed by atoms with Crippen LogP contribution in [0.2, 0.25) is 0 Å². The van der Waals surface area contributed by atoms with Crippen molar-refractivity contribution in [2.45, 2.75) is 44.6 Å². The molecule has 5 nitrogen and oxygen atoms in total. The maximum absolute atomic E-state index is 10.1. The Hall–Kier alpha value is -1.36. The topological polar surface area (TPSA) is 61.3 Å². The number of aliphatic hydroxyl groups excluding tert-OH is 1. The molecule has 2 N–H and O–H groups in total. The Morgan fingerprint density at radius 2 is 1.95 bits per heavy atom. The minimum Gasteiger partial charge on any atom is -0.393 e. The third kappa shape index (κ3) is 2.18. The number of hydrogen-bond acceptors (Lipinski definition) is 5. The summed E-state index contributed by atoms with van der Waals surface area (Å²) < 4.78 is 0. The first-order chi connectivity index (χ1) is 10.2. The molecule has 3 atom stereocenters. The van der Waals surface area contributed by atoms with Gasteiger partial charge in [0.1, 0.15) is 17.5 Å². The number of nitrogens with zero attached hydrogens (tertiary/aromatic N) is 3. The lowest BCUT2D eigenvalue weighted by atomic mass is 10.00. The van der Waals surface area contributed by atoms with Gasteiger partial charge in [-0.1, -0.05) is 0 Å². The van der Waals surface area contributed by atoms with Gasteiger partial charge in [0.2, 0.25) is 0 Å². The van der Waals surface area contributed by atoms with Crippen LogP contribution in [0.3, 0.4) is 0 Å². The zero-order chi connectivity index (χ0) is 14.6. The van der Waals surface area contributed by atoms with Gasteiger partial charge in [0.15, 0.2) is 0 Å². The van der Waals surface area contributed by atoms with Gasteiger partial charge in [-0.2, -0.15) is 0 Å². The first-order valence-electron chi connectivity index (χ1n) is 8.16. The van der Waals surface area contributed by atoms with Crippen LogP contribution in [0.25, 0.3) is 0 Å². The normalized spacial score (nSPS) is 31.6. The molecule has 0 aromatic carbocycles. The SMILES string of the molecule is CNc1nc(C2CC2)nc(N2CC3CCC(O)C3C2)c1C. The Morgan fingerprint density at radius 3 is 2.62 bits per heavy atom. The van der Waals surface area contributed by atoms with E-state index in [1.54, 1.807) is 0 Å². The molecule has 3 aliphatic rings. The van der Waals surface area contributed by atoms with Crippen LogP contribution in [-0.2, 0) is 0 Å². The minimum atomic E-state index is -0.117. The molecule has 0 spiro atoms. The van der Waals surface area contributed by atoms with Crippen molar-refractivity contribution in [2.24, 2.45) is 11.8 Å². The van der Waals surface area contributed by atoms with Gasteiger partial charge in [0.05, 0.1) is 6.10 Å². The van der Waals surface area contributed by atoms with E-state index >= 15 is 0 Å². The number of anilines is 2. The highest BCUT2D eigenvalue weighted by Gasteiger charge is 2.43. The maximum Gasteiger partial charge on any atom is 0.137 e. The van der Waals surface area contributed by atoms with Crippen LogP contribution < -0.4 is 10.2 Å². The molecule has 1 aromatic rings. The first-order valence-corrected chi connectivity index (χ1v) is 8.16. The summed E-state index contributed by atoms with van der Waals surface area (Å²) in [7, 11) is 1.93. The fourth-order valence-corrected chi connectivity index (χ4v) is 4.01. The molecule has 2 heterocycles. The molecule has 2 saturated carbocycles. The van der Waals surface area contributed by atoms with Gasteiger partial charge in [-0.05, 0) is 38.5 Å². The number of nitrogens with one attached hydrogen (secondary N) is 1. The first kappa shape index (κ1) is 13.3. The molecule has 4 rings (SSSR count). The molecule has 0 amide bonds. The number of hydrogen-bond donors (Lipinski definition) is 2. The van der Waals surface area contributed by atoms with Gasteiger partial charge >= 0.3 is 0 Å². The lowest BCUT2D eigenvalue weighted by Crippen LogP contribution is -2.26. The molecule has 5 heteroatoms. The molecule has 21 heavy (non-hydrogen) atoms. The predicted octanol–water partition coefficient (Wildman–Crippen LogP) is 1.91. The van der Waals surface area contributed by atoms with Crippen molar-refractivity contribution in [1.29, 1.82) is 0 Å².